The molecule has 0 aliphatic carbocycles. The molecule has 1 unspecified atom stereocenters. The van der Waals surface area contributed by atoms with Crippen LogP contribution in [0.4, 0.5) is 4.79 Å². The minimum atomic E-state index is -0.873. The van der Waals surface area contributed by atoms with Crippen molar-refractivity contribution >= 4 is 34.8 Å². The molecule has 0 spiro atoms. The largest absolute Gasteiger partial charge is 0.495 e. The molecule has 1 aromatic heterocycles. The highest BCUT2D eigenvalue weighted by molar-refractivity contribution is 6.04. The Morgan fingerprint density at radius 3 is 2.28 bits per heavy atom. The SMILES string of the molecule is CCOC(=O)N1CCN(C(=O)C(CCCC(=O)OC(C)(C)C)c2nc3ccccc3c(OC)c2C(N)=O)CC1. The number of carbonyl (C=O) groups is 4. The number of hydrogen-bond donors (Lipinski definition) is 1. The molecule has 1 saturated heterocycles. The van der Waals surface area contributed by atoms with Crippen molar-refractivity contribution in [2.24, 2.45) is 5.73 Å². The molecule has 0 saturated carbocycles. The minimum absolute atomic E-state index is 0.0389. The van der Waals surface area contributed by atoms with E-state index in [1.807, 2.05) is 0 Å². The Morgan fingerprint density at radius 2 is 1.69 bits per heavy atom. The molecule has 1 aliphatic rings. The Morgan fingerprint density at radius 1 is 1.05 bits per heavy atom. The average Bonchev–Trinajstić information content (AvgIpc) is 2.88. The number of ether oxygens (including phenoxy) is 3. The molecule has 1 atom stereocenters. The minimum Gasteiger partial charge on any atom is -0.495 e. The first-order valence-corrected chi connectivity index (χ1v) is 13.2. The standard InChI is InChI=1S/C28H38N4O7/c1-6-38-27(36)32-16-14-31(15-17-32)26(35)19(11-9-13-21(33)39-28(2,3)4)23-22(25(29)34)24(37-5)18-10-7-8-12-20(18)30-23/h7-8,10,12,19H,6,9,11,13-17H2,1-5H3,(H2,29,34). The number of amides is 3. The average molecular weight is 543 g/mol. The molecular weight excluding hydrogens is 504 g/mol. The number of hydrogen-bond acceptors (Lipinski definition) is 8. The first kappa shape index (κ1) is 29.7. The smallest absolute Gasteiger partial charge is 0.409 e. The van der Waals surface area contributed by atoms with E-state index in [0.717, 1.165) is 0 Å². The third-order valence-electron chi connectivity index (χ3n) is 6.36. The fraction of sp³-hybridized carbons (Fsp3) is 0.536. The molecule has 3 rings (SSSR count). The Balaban J connectivity index is 1.96. The molecule has 2 aromatic rings. The van der Waals surface area contributed by atoms with E-state index in [1.54, 1.807) is 61.8 Å². The van der Waals surface area contributed by atoms with Gasteiger partial charge in [-0.25, -0.2) is 4.79 Å². The number of aromatic nitrogens is 1. The monoisotopic (exact) mass is 542 g/mol. The normalized spacial score (nSPS) is 14.6. The van der Waals surface area contributed by atoms with E-state index in [0.29, 0.717) is 30.4 Å². The van der Waals surface area contributed by atoms with Crippen LogP contribution in [0.25, 0.3) is 10.9 Å². The summed E-state index contributed by atoms with van der Waals surface area (Å²) in [4.78, 5) is 59.1. The molecule has 11 heteroatoms. The maximum atomic E-state index is 14.0. The summed E-state index contributed by atoms with van der Waals surface area (Å²) < 4.78 is 16.1. The lowest BCUT2D eigenvalue weighted by atomic mass is 9.90. The van der Waals surface area contributed by atoms with Crippen LogP contribution < -0.4 is 10.5 Å². The quantitative estimate of drug-likeness (QED) is 0.476. The highest BCUT2D eigenvalue weighted by atomic mass is 16.6. The first-order valence-electron chi connectivity index (χ1n) is 13.2. The molecule has 39 heavy (non-hydrogen) atoms. The number of piperazine rings is 1. The molecule has 2 heterocycles. The summed E-state index contributed by atoms with van der Waals surface area (Å²) in [5, 5.41) is 0.598. The fourth-order valence-electron chi connectivity index (χ4n) is 4.67. The highest BCUT2D eigenvalue weighted by Gasteiger charge is 2.35. The topological polar surface area (TPSA) is 141 Å². The number of benzene rings is 1. The zero-order chi connectivity index (χ0) is 28.7. The van der Waals surface area contributed by atoms with Gasteiger partial charge in [0.25, 0.3) is 5.91 Å². The molecule has 1 aromatic carbocycles. The van der Waals surface area contributed by atoms with Gasteiger partial charge >= 0.3 is 12.1 Å². The van der Waals surface area contributed by atoms with Crippen molar-refractivity contribution in [2.45, 2.75) is 58.5 Å². The van der Waals surface area contributed by atoms with Crippen LogP contribution in [-0.4, -0.2) is 84.2 Å². The lowest BCUT2D eigenvalue weighted by Gasteiger charge is -2.36. The molecule has 11 nitrogen and oxygen atoms in total. The Hall–Kier alpha value is -3.89. The van der Waals surface area contributed by atoms with Crippen molar-refractivity contribution in [2.75, 3.05) is 39.9 Å². The molecule has 1 fully saturated rings. The van der Waals surface area contributed by atoms with Crippen LogP contribution in [0.5, 0.6) is 5.75 Å². The van der Waals surface area contributed by atoms with Crippen molar-refractivity contribution in [1.29, 1.82) is 0 Å². The number of pyridine rings is 1. The third kappa shape index (κ3) is 7.36. The number of nitrogens with two attached hydrogens (primary N) is 1. The second-order valence-corrected chi connectivity index (χ2v) is 10.3. The molecule has 2 N–H and O–H groups in total. The summed E-state index contributed by atoms with van der Waals surface area (Å²) in [5.74, 6) is -2.04. The van der Waals surface area contributed by atoms with Crippen LogP contribution >= 0.6 is 0 Å². The molecule has 1 aliphatic heterocycles. The number of para-hydroxylation sites is 1. The lowest BCUT2D eigenvalue weighted by molar-refractivity contribution is -0.155. The Kier molecular flexibility index (Phi) is 9.71. The maximum Gasteiger partial charge on any atom is 0.409 e. The number of nitrogens with zero attached hydrogens (tertiary/aromatic N) is 3. The zero-order valence-corrected chi connectivity index (χ0v) is 23.3. The Labute approximate surface area is 228 Å². The van der Waals surface area contributed by atoms with E-state index in [2.05, 4.69) is 0 Å². The van der Waals surface area contributed by atoms with Gasteiger partial charge in [-0.05, 0) is 52.7 Å². The number of esters is 1. The summed E-state index contributed by atoms with van der Waals surface area (Å²) >= 11 is 0. The third-order valence-corrected chi connectivity index (χ3v) is 6.36. The summed E-state index contributed by atoms with van der Waals surface area (Å²) in [5.41, 5.74) is 5.98. The molecule has 0 radical (unpaired) electrons. The molecule has 212 valence electrons. The summed E-state index contributed by atoms with van der Waals surface area (Å²) in [6.07, 6.45) is 0.220. The van der Waals surface area contributed by atoms with Gasteiger partial charge in [-0.2, -0.15) is 0 Å². The van der Waals surface area contributed by atoms with Crippen LogP contribution in [0.1, 0.15) is 68.9 Å². The fourth-order valence-corrected chi connectivity index (χ4v) is 4.67. The molecular formula is C28H38N4O7. The van der Waals surface area contributed by atoms with Crippen LogP contribution in [0.2, 0.25) is 0 Å². The van der Waals surface area contributed by atoms with E-state index in [-0.39, 0.29) is 61.4 Å². The summed E-state index contributed by atoms with van der Waals surface area (Å²) in [7, 11) is 1.44. The van der Waals surface area contributed by atoms with Crippen molar-refractivity contribution in [1.82, 2.24) is 14.8 Å². The van der Waals surface area contributed by atoms with Gasteiger partial charge in [-0.3, -0.25) is 19.4 Å². The van der Waals surface area contributed by atoms with Gasteiger partial charge in [-0.15, -0.1) is 0 Å². The number of methoxy groups -OCH3 is 1. The summed E-state index contributed by atoms with van der Waals surface area (Å²) in [6, 6.07) is 7.14. The van der Waals surface area contributed by atoms with E-state index in [1.165, 1.54) is 7.11 Å². The van der Waals surface area contributed by atoms with Gasteiger partial charge in [0.2, 0.25) is 5.91 Å². The Bertz CT molecular complexity index is 1220. The van der Waals surface area contributed by atoms with Crippen LogP contribution in [0, 0.1) is 0 Å². The number of fused-ring (bicyclic) bond motifs is 1. The summed E-state index contributed by atoms with van der Waals surface area (Å²) in [6.45, 7) is 8.57. The predicted octanol–water partition coefficient (Wildman–Crippen LogP) is 3.24. The van der Waals surface area contributed by atoms with E-state index >= 15 is 0 Å². The lowest BCUT2D eigenvalue weighted by Crippen LogP contribution is -2.52. The van der Waals surface area contributed by atoms with Crippen molar-refractivity contribution in [3.05, 3.63) is 35.5 Å². The van der Waals surface area contributed by atoms with Crippen LogP contribution in [0.15, 0.2) is 24.3 Å². The molecule has 3 amide bonds. The van der Waals surface area contributed by atoms with E-state index in [9.17, 15) is 19.2 Å². The maximum absolute atomic E-state index is 14.0. The zero-order valence-electron chi connectivity index (χ0n) is 23.3. The van der Waals surface area contributed by atoms with Crippen molar-refractivity contribution in [3.63, 3.8) is 0 Å². The number of carbonyl (C=O) groups excluding carboxylic acids is 4. The second-order valence-electron chi connectivity index (χ2n) is 10.3. The van der Waals surface area contributed by atoms with Crippen LogP contribution in [-0.2, 0) is 19.1 Å². The van der Waals surface area contributed by atoms with E-state index in [4.69, 9.17) is 24.9 Å². The number of primary amides is 1. The van der Waals surface area contributed by atoms with Crippen molar-refractivity contribution < 1.29 is 33.4 Å². The highest BCUT2D eigenvalue weighted by Crippen LogP contribution is 2.36. The van der Waals surface area contributed by atoms with Gasteiger partial charge in [0.15, 0.2) is 0 Å². The molecule has 0 bridgehead atoms. The number of rotatable bonds is 9. The van der Waals surface area contributed by atoms with Crippen molar-refractivity contribution in [3.8, 4) is 5.75 Å². The van der Waals surface area contributed by atoms with Gasteiger partial charge < -0.3 is 29.7 Å². The van der Waals surface area contributed by atoms with Gasteiger partial charge in [0.05, 0.1) is 30.8 Å². The van der Waals surface area contributed by atoms with Gasteiger partial charge in [0, 0.05) is 38.0 Å². The van der Waals surface area contributed by atoms with E-state index < -0.39 is 23.5 Å². The first-order chi connectivity index (χ1) is 18.5. The van der Waals surface area contributed by atoms with Gasteiger partial charge in [-0.1, -0.05) is 12.1 Å². The van der Waals surface area contributed by atoms with Gasteiger partial charge in [0.1, 0.15) is 16.9 Å². The second kappa shape index (κ2) is 12.8. The predicted molar refractivity (Wildman–Crippen MR) is 144 cm³/mol. The van der Waals surface area contributed by atoms with Crippen LogP contribution in [0.3, 0.4) is 0 Å².